The van der Waals surface area contributed by atoms with Gasteiger partial charge in [0, 0.05) is 23.2 Å². The van der Waals surface area contributed by atoms with E-state index in [0.29, 0.717) is 30.0 Å². The number of esters is 1. The van der Waals surface area contributed by atoms with Gasteiger partial charge in [-0.3, -0.25) is 9.59 Å². The van der Waals surface area contributed by atoms with E-state index in [4.69, 9.17) is 4.74 Å². The fourth-order valence-corrected chi connectivity index (χ4v) is 10.9. The van der Waals surface area contributed by atoms with E-state index in [1.165, 1.54) is 0 Å². The molecule has 4 saturated carbocycles. The maximum absolute atomic E-state index is 13.6. The molecule has 1 aliphatic heterocycles. The van der Waals surface area contributed by atoms with Crippen LogP contribution in [0.3, 0.4) is 0 Å². The van der Waals surface area contributed by atoms with Gasteiger partial charge in [0.2, 0.25) is 0 Å². The first-order valence-electron chi connectivity index (χ1n) is 13.6. The van der Waals surface area contributed by atoms with Crippen LogP contribution in [0.4, 0.5) is 0 Å². The van der Waals surface area contributed by atoms with Gasteiger partial charge in [0.25, 0.3) is 0 Å². The molecule has 0 amide bonds. The number of ether oxygens (including phenoxy) is 1. The summed E-state index contributed by atoms with van der Waals surface area (Å²) in [5.41, 5.74) is -0.579. The van der Waals surface area contributed by atoms with E-state index < -0.39 is 5.60 Å². The van der Waals surface area contributed by atoms with Crippen LogP contribution >= 0.6 is 0 Å². The molecule has 0 aromatic rings. The molecule has 182 valence electrons. The number of ketones is 1. The normalized spacial score (nSPS) is 55.7. The van der Waals surface area contributed by atoms with E-state index in [1.807, 2.05) is 0 Å². The highest BCUT2D eigenvalue weighted by Crippen LogP contribution is 2.79. The third-order valence-corrected chi connectivity index (χ3v) is 13.2. The predicted molar refractivity (Wildman–Crippen MR) is 129 cm³/mol. The lowest BCUT2D eigenvalue weighted by Gasteiger charge is -2.71. The highest BCUT2D eigenvalue weighted by Gasteiger charge is 2.79. The summed E-state index contributed by atoms with van der Waals surface area (Å²) in [6.07, 6.45) is 14.1. The van der Waals surface area contributed by atoms with Crippen molar-refractivity contribution in [2.24, 2.45) is 50.2 Å². The molecule has 0 radical (unpaired) electrons. The molecular weight excluding hydrogens is 408 g/mol. The van der Waals surface area contributed by atoms with Gasteiger partial charge >= 0.3 is 5.97 Å². The molecule has 1 saturated heterocycles. The number of rotatable bonds is 0. The lowest BCUT2D eigenvalue weighted by molar-refractivity contribution is -0.231. The summed E-state index contributed by atoms with van der Waals surface area (Å²) >= 11 is 0. The van der Waals surface area contributed by atoms with Gasteiger partial charge in [-0.2, -0.15) is 0 Å². The third kappa shape index (κ3) is 2.25. The molecule has 0 N–H and O–H groups in total. The average Bonchev–Trinajstić information content (AvgIpc) is 2.89. The molecule has 0 unspecified atom stereocenters. The maximum Gasteiger partial charge on any atom is 0.313 e. The largest absolute Gasteiger partial charge is 0.453 e. The number of Topliss-reactive ketones (excluding diaryl/α,β-unsaturated/α-hetero) is 1. The number of hydrogen-bond donors (Lipinski definition) is 0. The van der Waals surface area contributed by atoms with Crippen molar-refractivity contribution < 1.29 is 14.3 Å². The topological polar surface area (TPSA) is 43.4 Å². The summed E-state index contributed by atoms with van der Waals surface area (Å²) in [7, 11) is 0. The molecule has 8 atom stereocenters. The summed E-state index contributed by atoms with van der Waals surface area (Å²) in [6.45, 7) is 16.7. The molecule has 1 heterocycles. The van der Waals surface area contributed by atoms with E-state index in [1.54, 1.807) is 0 Å². The lowest BCUT2D eigenvalue weighted by atomic mass is 9.32. The predicted octanol–water partition coefficient (Wildman–Crippen LogP) is 6.89. The minimum absolute atomic E-state index is 0.0628. The molecule has 1 spiro atoms. The Bertz CT molecular complexity index is 975. The van der Waals surface area contributed by atoms with Crippen LogP contribution in [0.15, 0.2) is 12.2 Å². The molecule has 6 aliphatic rings. The Morgan fingerprint density at radius 1 is 0.848 bits per heavy atom. The molecule has 0 aromatic heterocycles. The van der Waals surface area contributed by atoms with Gasteiger partial charge in [-0.05, 0) is 85.5 Å². The van der Waals surface area contributed by atoms with Crippen molar-refractivity contribution in [3.05, 3.63) is 12.2 Å². The van der Waals surface area contributed by atoms with Crippen LogP contribution in [0, 0.1) is 50.2 Å². The fourth-order valence-electron chi connectivity index (χ4n) is 10.9. The number of hydrogen-bond acceptors (Lipinski definition) is 3. The van der Waals surface area contributed by atoms with Crippen LogP contribution in [-0.2, 0) is 14.3 Å². The lowest BCUT2D eigenvalue weighted by Crippen LogP contribution is -2.70. The van der Waals surface area contributed by atoms with Crippen molar-refractivity contribution in [2.75, 3.05) is 0 Å². The van der Waals surface area contributed by atoms with Crippen molar-refractivity contribution in [3.8, 4) is 0 Å². The van der Waals surface area contributed by atoms with Crippen LogP contribution in [0.2, 0.25) is 0 Å². The van der Waals surface area contributed by atoms with Crippen LogP contribution in [-0.4, -0.2) is 17.4 Å². The zero-order valence-electron chi connectivity index (χ0n) is 22.0. The van der Waals surface area contributed by atoms with E-state index in [-0.39, 0.29) is 38.5 Å². The molecule has 2 bridgehead atoms. The molecule has 3 nitrogen and oxygen atoms in total. The van der Waals surface area contributed by atoms with Gasteiger partial charge in [0.15, 0.2) is 0 Å². The van der Waals surface area contributed by atoms with E-state index >= 15 is 0 Å². The standard InChI is InChI=1S/C30H44O3/c1-24(2)14-16-29-17-15-28(7)27(6)12-8-19-25(3,4)22(31)10-11-26(19,5)20(27)9-13-30(28,21(29)18-24)33-23(29)32/h9,13,19-21H,8,10-12,14-18H2,1-7H3/t19-,20+,21+,26-,27+,28-,29-,30-/m0/s1. The van der Waals surface area contributed by atoms with Gasteiger partial charge in [0.05, 0.1) is 5.41 Å². The van der Waals surface area contributed by atoms with Crippen LogP contribution in [0.1, 0.15) is 106 Å². The first-order chi connectivity index (χ1) is 15.2. The van der Waals surface area contributed by atoms with E-state index in [0.717, 1.165) is 51.4 Å². The Labute approximate surface area is 200 Å². The van der Waals surface area contributed by atoms with Crippen LogP contribution in [0.5, 0.6) is 0 Å². The first-order valence-corrected chi connectivity index (χ1v) is 13.6. The third-order valence-electron chi connectivity index (χ3n) is 13.2. The second-order valence-electron chi connectivity index (χ2n) is 15.1. The first kappa shape index (κ1) is 22.4. The van der Waals surface area contributed by atoms with Gasteiger partial charge < -0.3 is 4.74 Å². The van der Waals surface area contributed by atoms with Crippen molar-refractivity contribution >= 4 is 11.8 Å². The number of allylic oxidation sites excluding steroid dienone is 1. The summed E-state index contributed by atoms with van der Waals surface area (Å²) < 4.78 is 6.67. The molecule has 3 heteroatoms. The SMILES string of the molecule is CC1(C)CC[C@@]23CC[C@]4(C)[C@@](C=C[C@@H]5[C@@]6(C)CCC(=O)C(C)(C)[C@@H]6CC[C@]54C)(OC2=O)[C@@H]3C1. The van der Waals surface area contributed by atoms with Crippen LogP contribution in [0.25, 0.3) is 0 Å². The van der Waals surface area contributed by atoms with Crippen molar-refractivity contribution in [1.29, 1.82) is 0 Å². The highest BCUT2D eigenvalue weighted by molar-refractivity contribution is 5.85. The molecule has 0 aromatic carbocycles. The van der Waals surface area contributed by atoms with E-state index in [9.17, 15) is 9.59 Å². The number of carbonyl (C=O) groups excluding carboxylic acids is 2. The smallest absolute Gasteiger partial charge is 0.313 e. The Hall–Kier alpha value is -1.12. The molecule has 5 aliphatic carbocycles. The van der Waals surface area contributed by atoms with Crippen LogP contribution < -0.4 is 0 Å². The summed E-state index contributed by atoms with van der Waals surface area (Å²) in [5.74, 6) is 1.70. The molecular formula is C30H44O3. The second kappa shape index (κ2) is 5.98. The highest BCUT2D eigenvalue weighted by atomic mass is 16.6. The minimum atomic E-state index is -0.464. The van der Waals surface area contributed by atoms with Gasteiger partial charge in [-0.15, -0.1) is 0 Å². The molecule has 6 rings (SSSR count). The minimum Gasteiger partial charge on any atom is -0.453 e. The van der Waals surface area contributed by atoms with E-state index in [2.05, 4.69) is 60.6 Å². The zero-order valence-corrected chi connectivity index (χ0v) is 22.0. The second-order valence-corrected chi connectivity index (χ2v) is 15.1. The quantitative estimate of drug-likeness (QED) is 0.297. The zero-order chi connectivity index (χ0) is 23.9. The fraction of sp³-hybridized carbons (Fsp3) is 0.867. The Morgan fingerprint density at radius 2 is 1.55 bits per heavy atom. The van der Waals surface area contributed by atoms with Crippen molar-refractivity contribution in [2.45, 2.75) is 112 Å². The van der Waals surface area contributed by atoms with Gasteiger partial charge in [-0.25, -0.2) is 0 Å². The monoisotopic (exact) mass is 452 g/mol. The van der Waals surface area contributed by atoms with Gasteiger partial charge in [-0.1, -0.05) is 54.5 Å². The summed E-state index contributed by atoms with van der Waals surface area (Å²) in [6, 6.07) is 0. The summed E-state index contributed by atoms with van der Waals surface area (Å²) in [4.78, 5) is 26.5. The summed E-state index contributed by atoms with van der Waals surface area (Å²) in [5, 5.41) is 0. The van der Waals surface area contributed by atoms with Crippen molar-refractivity contribution in [1.82, 2.24) is 0 Å². The van der Waals surface area contributed by atoms with Crippen molar-refractivity contribution in [3.63, 3.8) is 0 Å². The Balaban J connectivity index is 1.51. The number of fused-ring (bicyclic) bond motifs is 4. The molecule has 33 heavy (non-hydrogen) atoms. The number of carbonyl (C=O) groups is 2. The molecule has 5 fully saturated rings. The Morgan fingerprint density at radius 3 is 2.27 bits per heavy atom. The average molecular weight is 453 g/mol. The van der Waals surface area contributed by atoms with Gasteiger partial charge in [0.1, 0.15) is 11.4 Å². The Kier molecular flexibility index (Phi) is 4.05. The maximum atomic E-state index is 13.6.